The van der Waals surface area contributed by atoms with Crippen LogP contribution in [0.4, 0.5) is 35.1 Å². The molecule has 0 aliphatic rings. The minimum absolute atomic E-state index is 0.114. The summed E-state index contributed by atoms with van der Waals surface area (Å²) in [6.45, 7) is 1.99. The summed E-state index contributed by atoms with van der Waals surface area (Å²) in [5.41, 5.74) is 0.431. The normalized spacial score (nSPS) is 11.2. The molecule has 0 N–H and O–H groups in total. The van der Waals surface area contributed by atoms with Crippen molar-refractivity contribution < 1.29 is 49.4 Å². The van der Waals surface area contributed by atoms with Gasteiger partial charge >= 0.3 is 12.1 Å². The van der Waals surface area contributed by atoms with Crippen molar-refractivity contribution in [3.8, 4) is 22.6 Å². The first kappa shape index (κ1) is 26.7. The van der Waals surface area contributed by atoms with Gasteiger partial charge in [-0.1, -0.05) is 37.6 Å². The van der Waals surface area contributed by atoms with E-state index >= 15 is 0 Å². The van der Waals surface area contributed by atoms with E-state index in [9.17, 15) is 39.9 Å². The fraction of sp³-hybridized carbons (Fsp3) is 0.160. The summed E-state index contributed by atoms with van der Waals surface area (Å²) in [5, 5.41) is 0. The highest BCUT2D eigenvalue weighted by atomic mass is 19.3. The summed E-state index contributed by atoms with van der Waals surface area (Å²) in [6.07, 6.45) is -6.88. The van der Waals surface area contributed by atoms with E-state index in [1.807, 2.05) is 6.92 Å². The number of carbonyl (C=O) groups is 1. The summed E-state index contributed by atoms with van der Waals surface area (Å²) in [7, 11) is 0. The van der Waals surface area contributed by atoms with E-state index in [0.29, 0.717) is 5.56 Å². The summed E-state index contributed by atoms with van der Waals surface area (Å²) in [4.78, 5) is 12.3. The second-order valence-electron chi connectivity index (χ2n) is 7.47. The Bertz CT molecular complexity index is 1250. The molecular weight excluding hydrogens is 500 g/mol. The Morgan fingerprint density at radius 3 is 1.92 bits per heavy atom. The third kappa shape index (κ3) is 6.41. The molecule has 0 aromatic heterocycles. The van der Waals surface area contributed by atoms with E-state index < -0.39 is 64.6 Å². The molecule has 0 amide bonds. The second kappa shape index (κ2) is 10.8. The molecule has 0 aliphatic heterocycles. The van der Waals surface area contributed by atoms with Crippen LogP contribution in [-0.4, -0.2) is 12.1 Å². The van der Waals surface area contributed by atoms with E-state index in [2.05, 4.69) is 9.47 Å². The first-order valence-electron chi connectivity index (χ1n) is 10.3. The number of rotatable bonds is 8. The number of halogens is 8. The molecule has 3 rings (SSSR count). The van der Waals surface area contributed by atoms with E-state index in [-0.39, 0.29) is 17.7 Å². The van der Waals surface area contributed by atoms with E-state index in [1.165, 1.54) is 0 Å². The predicted octanol–water partition coefficient (Wildman–Crippen LogP) is 7.83. The van der Waals surface area contributed by atoms with Gasteiger partial charge in [0, 0.05) is 12.1 Å². The molecule has 3 nitrogen and oxygen atoms in total. The van der Waals surface area contributed by atoms with Crippen LogP contribution in [0.15, 0.2) is 60.7 Å². The van der Waals surface area contributed by atoms with Gasteiger partial charge in [-0.15, -0.1) is 0 Å². The Morgan fingerprint density at radius 2 is 1.42 bits per heavy atom. The van der Waals surface area contributed by atoms with Crippen LogP contribution in [0.25, 0.3) is 11.1 Å². The Hall–Kier alpha value is -3.89. The molecule has 0 fully saturated rings. The van der Waals surface area contributed by atoms with Crippen molar-refractivity contribution in [2.24, 2.45) is 0 Å². The first-order chi connectivity index (χ1) is 16.9. The maximum absolute atomic E-state index is 14.6. The zero-order valence-electron chi connectivity index (χ0n) is 18.4. The van der Waals surface area contributed by atoms with Gasteiger partial charge in [-0.05, 0) is 35.2 Å². The van der Waals surface area contributed by atoms with Gasteiger partial charge in [0.05, 0.1) is 6.08 Å². The van der Waals surface area contributed by atoms with Gasteiger partial charge < -0.3 is 9.47 Å². The largest absolute Gasteiger partial charge is 0.425 e. The van der Waals surface area contributed by atoms with E-state index in [1.54, 1.807) is 24.3 Å². The quantitative estimate of drug-likeness (QED) is 0.174. The molecule has 0 radical (unpaired) electrons. The highest BCUT2D eigenvalue weighted by Gasteiger charge is 2.33. The number of hydrogen-bond donors (Lipinski definition) is 0. The molecule has 0 spiro atoms. The van der Waals surface area contributed by atoms with Crippen molar-refractivity contribution in [3.05, 3.63) is 95.1 Å². The summed E-state index contributed by atoms with van der Waals surface area (Å²) in [6, 6.07) is 8.99. The van der Waals surface area contributed by atoms with Crippen molar-refractivity contribution in [1.29, 1.82) is 0 Å². The van der Waals surface area contributed by atoms with Gasteiger partial charge in [0.25, 0.3) is 6.08 Å². The van der Waals surface area contributed by atoms with Gasteiger partial charge in [0.15, 0.2) is 17.4 Å². The molecule has 3 aromatic carbocycles. The molecule has 0 heterocycles. The van der Waals surface area contributed by atoms with Crippen LogP contribution in [-0.2, 0) is 6.42 Å². The van der Waals surface area contributed by atoms with Crippen molar-refractivity contribution in [3.63, 3.8) is 0 Å². The smallest absolute Gasteiger partial charge is 0.423 e. The standard InChI is InChI=1S/C25H16F8O3/c1-2-3-13-4-6-14(7-5-13)15-8-17(26)22(18(27)9-15)24(34)35-16-10-19(28)23(20(29)11-16)36-25(32,33)12-21(30)31/h4-12H,2-3H2,1H3. The average molecular weight is 516 g/mol. The summed E-state index contributed by atoms with van der Waals surface area (Å²) < 4.78 is 116. The molecule has 190 valence electrons. The lowest BCUT2D eigenvalue weighted by Crippen LogP contribution is -2.23. The number of hydrogen-bond acceptors (Lipinski definition) is 3. The lowest BCUT2D eigenvalue weighted by Gasteiger charge is -2.15. The topological polar surface area (TPSA) is 35.5 Å². The third-order valence-corrected chi connectivity index (χ3v) is 4.77. The maximum Gasteiger partial charge on any atom is 0.425 e. The number of ether oxygens (including phenoxy) is 2. The monoisotopic (exact) mass is 516 g/mol. The summed E-state index contributed by atoms with van der Waals surface area (Å²) >= 11 is 0. The van der Waals surface area contributed by atoms with Crippen LogP contribution in [0.1, 0.15) is 29.3 Å². The number of aryl methyl sites for hydroxylation is 1. The number of benzene rings is 3. The molecular formula is C25H16F8O3. The molecule has 0 saturated heterocycles. The van der Waals surface area contributed by atoms with Crippen LogP contribution in [0.2, 0.25) is 0 Å². The molecule has 36 heavy (non-hydrogen) atoms. The summed E-state index contributed by atoms with van der Waals surface area (Å²) in [5.74, 6) is -10.7. The van der Waals surface area contributed by atoms with Gasteiger partial charge in [0.1, 0.15) is 22.9 Å². The van der Waals surface area contributed by atoms with Crippen molar-refractivity contribution in [2.45, 2.75) is 25.9 Å². The highest BCUT2D eigenvalue weighted by Crippen LogP contribution is 2.33. The highest BCUT2D eigenvalue weighted by molar-refractivity contribution is 5.92. The van der Waals surface area contributed by atoms with Crippen molar-refractivity contribution in [1.82, 2.24) is 0 Å². The lowest BCUT2D eigenvalue weighted by atomic mass is 10.0. The lowest BCUT2D eigenvalue weighted by molar-refractivity contribution is -0.137. The third-order valence-electron chi connectivity index (χ3n) is 4.77. The second-order valence-corrected chi connectivity index (χ2v) is 7.47. The Labute approximate surface area is 199 Å². The average Bonchev–Trinajstić information content (AvgIpc) is 2.75. The Kier molecular flexibility index (Phi) is 8.01. The zero-order chi connectivity index (χ0) is 26.6. The molecule has 0 unspecified atom stereocenters. The molecule has 3 aromatic rings. The van der Waals surface area contributed by atoms with E-state index in [4.69, 9.17) is 0 Å². The van der Waals surface area contributed by atoms with Crippen LogP contribution < -0.4 is 9.47 Å². The molecule has 11 heteroatoms. The van der Waals surface area contributed by atoms with Gasteiger partial charge in [-0.25, -0.2) is 22.4 Å². The number of carbonyl (C=O) groups excluding carboxylic acids is 1. The van der Waals surface area contributed by atoms with Gasteiger partial charge in [-0.3, -0.25) is 0 Å². The van der Waals surface area contributed by atoms with Crippen LogP contribution in [0.3, 0.4) is 0 Å². The van der Waals surface area contributed by atoms with Crippen molar-refractivity contribution >= 4 is 5.97 Å². The van der Waals surface area contributed by atoms with Crippen LogP contribution in [0.5, 0.6) is 11.5 Å². The molecule has 0 bridgehead atoms. The van der Waals surface area contributed by atoms with Crippen LogP contribution >= 0.6 is 0 Å². The SMILES string of the molecule is CCCc1ccc(-c2cc(F)c(C(=O)Oc3cc(F)c(OC(F)(F)C=C(F)F)c(F)c3)c(F)c2)cc1. The number of alkyl halides is 2. The fourth-order valence-electron chi connectivity index (χ4n) is 3.23. The van der Waals surface area contributed by atoms with E-state index in [0.717, 1.165) is 30.5 Å². The molecule has 0 atom stereocenters. The fourth-order valence-corrected chi connectivity index (χ4v) is 3.23. The minimum atomic E-state index is -4.76. The maximum atomic E-state index is 14.6. The molecule has 0 saturated carbocycles. The zero-order valence-corrected chi connectivity index (χ0v) is 18.4. The van der Waals surface area contributed by atoms with Gasteiger partial charge in [-0.2, -0.15) is 17.6 Å². The predicted molar refractivity (Wildman–Crippen MR) is 113 cm³/mol. The Balaban J connectivity index is 1.83. The van der Waals surface area contributed by atoms with Crippen LogP contribution in [0, 0.1) is 23.3 Å². The molecule has 0 aliphatic carbocycles. The van der Waals surface area contributed by atoms with Gasteiger partial charge in [0.2, 0.25) is 0 Å². The first-order valence-corrected chi connectivity index (χ1v) is 10.3. The Morgan fingerprint density at radius 1 is 0.861 bits per heavy atom. The number of esters is 1. The minimum Gasteiger partial charge on any atom is -0.423 e. The van der Waals surface area contributed by atoms with Crippen molar-refractivity contribution in [2.75, 3.05) is 0 Å².